The van der Waals surface area contributed by atoms with Crippen molar-refractivity contribution < 1.29 is 9.32 Å². The van der Waals surface area contributed by atoms with Gasteiger partial charge in [0.1, 0.15) is 8.15 Å². The molecule has 2 nitrogen and oxygen atoms in total. The van der Waals surface area contributed by atoms with Crippen molar-refractivity contribution in [2.24, 2.45) is 0 Å². The van der Waals surface area contributed by atoms with Gasteiger partial charge in [-0.25, -0.2) is 4.79 Å². The Bertz CT molecular complexity index is 612. The molecule has 3 heteroatoms. The van der Waals surface area contributed by atoms with Gasteiger partial charge >= 0.3 is 5.97 Å². The number of carbonyl (C=O) groups is 1. The molecule has 0 aliphatic carbocycles. The molecular formula is C18H21O2P. The van der Waals surface area contributed by atoms with E-state index in [2.05, 4.69) is 6.92 Å². The van der Waals surface area contributed by atoms with Gasteiger partial charge in [0.05, 0.1) is 5.56 Å². The first-order valence-corrected chi connectivity index (χ1v) is 8.60. The largest absolute Gasteiger partial charge is 0.436 e. The maximum atomic E-state index is 12.5. The predicted octanol–water partition coefficient (Wildman–Crippen LogP) is 4.51. The molecule has 1 unspecified atom stereocenters. The molecule has 0 aliphatic rings. The van der Waals surface area contributed by atoms with Gasteiger partial charge < -0.3 is 4.52 Å². The molecule has 0 N–H and O–H groups in total. The third-order valence-corrected chi connectivity index (χ3v) is 5.24. The topological polar surface area (TPSA) is 26.3 Å². The van der Waals surface area contributed by atoms with Gasteiger partial charge in [-0.1, -0.05) is 55.0 Å². The number of rotatable bonds is 4. The molecule has 2 rings (SSSR count). The summed E-state index contributed by atoms with van der Waals surface area (Å²) in [6, 6.07) is 14.0. The summed E-state index contributed by atoms with van der Waals surface area (Å²) in [6.45, 7) is 8.03. The van der Waals surface area contributed by atoms with E-state index in [9.17, 15) is 4.79 Å². The first kappa shape index (κ1) is 15.7. The summed E-state index contributed by atoms with van der Waals surface area (Å²) in [4.78, 5) is 12.5. The van der Waals surface area contributed by atoms with Crippen LogP contribution in [0.3, 0.4) is 0 Å². The number of carbonyl (C=O) groups excluding carboxylic acids is 1. The number of hydrogen-bond acceptors (Lipinski definition) is 2. The zero-order valence-corrected chi connectivity index (χ0v) is 13.9. The van der Waals surface area contributed by atoms with E-state index in [4.69, 9.17) is 4.52 Å². The van der Waals surface area contributed by atoms with Crippen LogP contribution in [-0.4, -0.2) is 12.1 Å². The lowest BCUT2D eigenvalue weighted by Crippen LogP contribution is -2.12. The normalized spacial score (nSPS) is 12.0. The number of aryl methyl sites for hydroxylation is 3. The Balaban J connectivity index is 2.25. The molecule has 0 saturated heterocycles. The van der Waals surface area contributed by atoms with Crippen molar-refractivity contribution in [2.45, 2.75) is 27.7 Å². The summed E-state index contributed by atoms with van der Waals surface area (Å²) in [6.07, 6.45) is 0.828. The fourth-order valence-corrected chi connectivity index (χ4v) is 3.94. The van der Waals surface area contributed by atoms with Crippen LogP contribution in [0, 0.1) is 20.8 Å². The zero-order valence-electron chi connectivity index (χ0n) is 13.0. The van der Waals surface area contributed by atoms with Crippen LogP contribution in [0.5, 0.6) is 0 Å². The Morgan fingerprint density at radius 2 is 1.62 bits per heavy atom. The fourth-order valence-electron chi connectivity index (χ4n) is 2.54. The van der Waals surface area contributed by atoms with Gasteiger partial charge in [0, 0.05) is 11.5 Å². The molecule has 0 saturated carbocycles. The van der Waals surface area contributed by atoms with Crippen LogP contribution >= 0.6 is 8.15 Å². The van der Waals surface area contributed by atoms with E-state index < -0.39 is 8.15 Å². The summed E-state index contributed by atoms with van der Waals surface area (Å²) >= 11 is 0. The van der Waals surface area contributed by atoms with E-state index in [1.165, 1.54) is 5.56 Å². The summed E-state index contributed by atoms with van der Waals surface area (Å²) in [5.74, 6) is -0.207. The van der Waals surface area contributed by atoms with Crippen molar-refractivity contribution >= 4 is 19.4 Å². The van der Waals surface area contributed by atoms with Crippen molar-refractivity contribution in [1.82, 2.24) is 0 Å². The highest BCUT2D eigenvalue weighted by atomic mass is 31.1. The van der Waals surface area contributed by atoms with Crippen LogP contribution in [0.2, 0.25) is 0 Å². The molecule has 0 radical (unpaired) electrons. The molecule has 0 bridgehead atoms. The Labute approximate surface area is 128 Å². The first-order chi connectivity index (χ1) is 10.0. The van der Waals surface area contributed by atoms with E-state index in [0.717, 1.165) is 22.6 Å². The van der Waals surface area contributed by atoms with Crippen molar-refractivity contribution in [1.29, 1.82) is 0 Å². The minimum Gasteiger partial charge on any atom is -0.436 e. The maximum absolute atomic E-state index is 12.5. The van der Waals surface area contributed by atoms with E-state index in [0.29, 0.717) is 5.56 Å². The van der Waals surface area contributed by atoms with Crippen LogP contribution < -0.4 is 5.30 Å². The first-order valence-electron chi connectivity index (χ1n) is 7.15. The van der Waals surface area contributed by atoms with Crippen LogP contribution in [-0.2, 0) is 4.52 Å². The van der Waals surface area contributed by atoms with Gasteiger partial charge in [0.2, 0.25) is 0 Å². The molecule has 21 heavy (non-hydrogen) atoms. The van der Waals surface area contributed by atoms with Crippen molar-refractivity contribution in [3.8, 4) is 0 Å². The lowest BCUT2D eigenvalue weighted by molar-refractivity contribution is 0.0755. The quantitative estimate of drug-likeness (QED) is 0.776. The van der Waals surface area contributed by atoms with Crippen LogP contribution in [0.4, 0.5) is 0 Å². The lowest BCUT2D eigenvalue weighted by Gasteiger charge is -2.18. The van der Waals surface area contributed by atoms with Gasteiger partial charge in [-0.15, -0.1) is 0 Å². The van der Waals surface area contributed by atoms with Gasteiger partial charge in [-0.2, -0.15) is 0 Å². The third-order valence-electron chi connectivity index (χ3n) is 3.41. The monoisotopic (exact) mass is 300 g/mol. The van der Waals surface area contributed by atoms with E-state index in [1.54, 1.807) is 0 Å². The van der Waals surface area contributed by atoms with Crippen molar-refractivity contribution in [3.05, 3.63) is 64.7 Å². The molecule has 0 heterocycles. The highest BCUT2D eigenvalue weighted by Crippen LogP contribution is 2.37. The SMILES string of the molecule is CCP(OC(=O)c1c(C)cc(C)cc1C)c1ccccc1. The molecule has 0 fully saturated rings. The summed E-state index contributed by atoms with van der Waals surface area (Å²) in [7, 11) is -0.899. The average Bonchev–Trinajstić information content (AvgIpc) is 2.44. The molecule has 2 aromatic rings. The fraction of sp³-hybridized carbons (Fsp3) is 0.278. The molecule has 1 atom stereocenters. The van der Waals surface area contributed by atoms with E-state index >= 15 is 0 Å². The van der Waals surface area contributed by atoms with E-state index in [-0.39, 0.29) is 5.97 Å². The van der Waals surface area contributed by atoms with Gasteiger partial charge in [0.25, 0.3) is 0 Å². The molecular weight excluding hydrogens is 279 g/mol. The summed E-state index contributed by atoms with van der Waals surface area (Å²) in [5.41, 5.74) is 3.84. The Morgan fingerprint density at radius 1 is 1.05 bits per heavy atom. The van der Waals surface area contributed by atoms with Gasteiger partial charge in [-0.05, 0) is 31.9 Å². The van der Waals surface area contributed by atoms with E-state index in [1.807, 2.05) is 63.2 Å². The Morgan fingerprint density at radius 3 is 2.14 bits per heavy atom. The molecule has 0 aliphatic heterocycles. The standard InChI is InChI=1S/C18H21O2P/c1-5-21(16-9-7-6-8-10-16)20-18(19)17-14(3)11-13(2)12-15(17)4/h6-12H,5H2,1-4H3. The predicted molar refractivity (Wildman–Crippen MR) is 89.6 cm³/mol. The Hall–Kier alpha value is -1.66. The number of benzene rings is 2. The van der Waals surface area contributed by atoms with Crippen molar-refractivity contribution in [2.75, 3.05) is 6.16 Å². The smallest absolute Gasteiger partial charge is 0.341 e. The zero-order chi connectivity index (χ0) is 15.4. The minimum absolute atomic E-state index is 0.207. The second kappa shape index (κ2) is 6.87. The van der Waals surface area contributed by atoms with Crippen LogP contribution in [0.25, 0.3) is 0 Å². The Kier molecular flexibility index (Phi) is 5.14. The number of hydrogen-bond donors (Lipinski definition) is 0. The third kappa shape index (κ3) is 3.71. The average molecular weight is 300 g/mol. The second-order valence-electron chi connectivity index (χ2n) is 5.18. The van der Waals surface area contributed by atoms with Crippen LogP contribution in [0.1, 0.15) is 34.0 Å². The summed E-state index contributed by atoms with van der Waals surface area (Å²) < 4.78 is 5.80. The van der Waals surface area contributed by atoms with Crippen molar-refractivity contribution in [3.63, 3.8) is 0 Å². The molecule has 0 spiro atoms. The molecule has 110 valence electrons. The van der Waals surface area contributed by atoms with Gasteiger partial charge in [-0.3, -0.25) is 0 Å². The molecule has 2 aromatic carbocycles. The highest BCUT2D eigenvalue weighted by Gasteiger charge is 2.20. The maximum Gasteiger partial charge on any atom is 0.341 e. The summed E-state index contributed by atoms with van der Waals surface area (Å²) in [5, 5.41) is 1.10. The second-order valence-corrected chi connectivity index (χ2v) is 7.27. The van der Waals surface area contributed by atoms with Gasteiger partial charge in [0.15, 0.2) is 0 Å². The highest BCUT2D eigenvalue weighted by molar-refractivity contribution is 7.61. The lowest BCUT2D eigenvalue weighted by atomic mass is 10.0. The molecule has 0 aromatic heterocycles. The van der Waals surface area contributed by atoms with Crippen LogP contribution in [0.15, 0.2) is 42.5 Å². The molecule has 0 amide bonds. The minimum atomic E-state index is -0.899.